The summed E-state index contributed by atoms with van der Waals surface area (Å²) in [5, 5.41) is 37.1. The molecule has 0 aromatic heterocycles. The highest BCUT2D eigenvalue weighted by atomic mass is 32.2. The lowest BCUT2D eigenvalue weighted by Gasteiger charge is -2.43. The number of aromatic hydroxyl groups is 1. The lowest BCUT2D eigenvalue weighted by Crippen LogP contribution is -2.46. The Hall–Kier alpha value is -9.38. The second kappa shape index (κ2) is 48.3. The number of carbonyl (C=O) groups excluding carboxylic acids is 5. The number of ketones is 3. The van der Waals surface area contributed by atoms with Crippen LogP contribution >= 0.6 is 0 Å². The van der Waals surface area contributed by atoms with Gasteiger partial charge in [0.05, 0.1) is 82.3 Å². The first-order chi connectivity index (χ1) is 56.9. The van der Waals surface area contributed by atoms with E-state index in [0.717, 1.165) is 111 Å². The lowest BCUT2D eigenvalue weighted by molar-refractivity contribution is -0.124. The number of fused-ring (bicyclic) bond motifs is 3. The van der Waals surface area contributed by atoms with Gasteiger partial charge in [-0.3, -0.25) is 32.5 Å². The molecule has 120 heavy (non-hydrogen) atoms. The van der Waals surface area contributed by atoms with Gasteiger partial charge in [-0.25, -0.2) is 0 Å². The van der Waals surface area contributed by atoms with Crippen molar-refractivity contribution in [3.05, 3.63) is 221 Å². The minimum Gasteiger partial charge on any atom is -0.507 e. The Bertz CT molecular complexity index is 4610. The number of benzene rings is 7. The van der Waals surface area contributed by atoms with Crippen LogP contribution < -0.4 is 29.3 Å². The van der Waals surface area contributed by atoms with E-state index in [1.54, 1.807) is 53.4 Å². The summed E-state index contributed by atoms with van der Waals surface area (Å²) in [7, 11) is -8.43. The second-order valence-electron chi connectivity index (χ2n) is 28.7. The molecule has 25 nitrogen and oxygen atoms in total. The number of phenols is 1. The average Bonchev–Trinajstić information content (AvgIpc) is 0.959. The smallest absolute Gasteiger partial charge is 0.507 e. The number of hydrogen-bond donors (Lipinski definition) is 5. The molecule has 2 amide bonds. The maximum absolute atomic E-state index is 12.6. The number of para-hydroxylation sites is 5. The molecule has 8 aliphatic rings. The van der Waals surface area contributed by atoms with Crippen LogP contribution in [0.4, 0.5) is 18.9 Å². The highest BCUT2D eigenvalue weighted by Crippen LogP contribution is 2.47. The molecule has 7 aromatic carbocycles. The average molecular weight is 1710 g/mol. The first kappa shape index (κ1) is 99.4. The van der Waals surface area contributed by atoms with Crippen molar-refractivity contribution in [1.29, 1.82) is 0 Å². The first-order valence-corrected chi connectivity index (χ1v) is 43.2. The summed E-state index contributed by atoms with van der Waals surface area (Å²) in [5.41, 5.74) is 0.664. The van der Waals surface area contributed by atoms with Gasteiger partial charge in [-0.1, -0.05) is 111 Å². The third-order valence-corrected chi connectivity index (χ3v) is 22.6. The van der Waals surface area contributed by atoms with Crippen molar-refractivity contribution in [2.24, 2.45) is 0 Å². The zero-order valence-electron chi connectivity index (χ0n) is 68.9. The molecule has 15 rings (SSSR count). The van der Waals surface area contributed by atoms with E-state index in [1.165, 1.54) is 68.8 Å². The number of hydrogen-bond acceptors (Lipinski definition) is 22. The molecule has 8 aliphatic heterocycles. The van der Waals surface area contributed by atoms with Gasteiger partial charge in [-0.05, 0) is 156 Å². The molecule has 5 fully saturated rings. The van der Waals surface area contributed by atoms with E-state index in [1.807, 2.05) is 111 Å². The number of anilines is 1. The van der Waals surface area contributed by atoms with Crippen molar-refractivity contribution in [3.63, 3.8) is 0 Å². The molecule has 654 valence electrons. The van der Waals surface area contributed by atoms with E-state index in [0.29, 0.717) is 120 Å². The number of nitrogens with zero attached hydrogens (tertiary/aromatic N) is 3. The molecule has 3 spiro atoms. The van der Waals surface area contributed by atoms with E-state index >= 15 is 0 Å². The molecule has 8 heterocycles. The van der Waals surface area contributed by atoms with Gasteiger partial charge >= 0.3 is 22.7 Å². The minimum atomic E-state index is -5.30. The predicted molar refractivity (Wildman–Crippen MR) is 456 cm³/mol. The Labute approximate surface area is 704 Å². The molecular weight excluding hydrogens is 1590 g/mol. The Morgan fingerprint density at radius 1 is 0.567 bits per heavy atom. The van der Waals surface area contributed by atoms with E-state index < -0.39 is 38.9 Å². The molecule has 0 aliphatic carbocycles. The molecule has 0 bridgehead atoms. The number of alkyl halides is 3. The number of rotatable bonds is 13. The topological polar surface area (TPSA) is 330 Å². The number of aliphatic hydroxyl groups is 1. The maximum Gasteiger partial charge on any atom is 0.516 e. The number of phenolic OH excluding ortho intramolecular Hbond substituents is 1. The number of sulfonamides is 1. The summed E-state index contributed by atoms with van der Waals surface area (Å²) in [4.78, 5) is 61.2. The van der Waals surface area contributed by atoms with Crippen LogP contribution in [0.5, 0.6) is 23.0 Å². The highest BCUT2D eigenvalue weighted by molar-refractivity contribution is 7.93. The Kier molecular flexibility index (Phi) is 40.0. The summed E-state index contributed by atoms with van der Waals surface area (Å²) in [6.07, 6.45) is 12.8. The SMILES string of the molecule is C.C1CCNC1.CC(=O)c1ccccc1O.CCN(CC)C(=O)c1ccc(B(O)O)cc1.CCN(CC)C(=O)c1ccc(C2=CC3(CCOCC3)Oc3ccccc32)cc1.CN(c1ccccc1)S(=O)(=O)C(F)(F)F.CO.CS(=O)(=O)OC1CC2(CCOCC2)Oc2ccccc21.O=C1CC2(CCOCC2)Oc2ccccc21.O=C1CCOCC1. The van der Waals surface area contributed by atoms with Crippen LogP contribution in [-0.2, 0) is 48.1 Å². The van der Waals surface area contributed by atoms with Crippen molar-refractivity contribution in [2.45, 2.75) is 148 Å². The number of aliphatic hydroxyl groups excluding tert-OH is 1. The summed E-state index contributed by atoms with van der Waals surface area (Å²) in [5.74, 6) is 2.89. The van der Waals surface area contributed by atoms with Crippen molar-refractivity contribution >= 4 is 73.1 Å². The monoisotopic (exact) mass is 1710 g/mol. The van der Waals surface area contributed by atoms with E-state index in [9.17, 15) is 54.0 Å². The molecule has 31 heteroatoms. The van der Waals surface area contributed by atoms with Crippen molar-refractivity contribution in [2.75, 3.05) is 117 Å². The third kappa shape index (κ3) is 29.2. The molecule has 0 saturated carbocycles. The Morgan fingerprint density at radius 3 is 1.47 bits per heavy atom. The third-order valence-electron chi connectivity index (χ3n) is 20.5. The number of carbonyl (C=O) groups is 5. The number of ether oxygens (including phenoxy) is 7. The molecule has 1 atom stereocenters. The van der Waals surface area contributed by atoms with Gasteiger partial charge in [0, 0.05) is 120 Å². The van der Waals surface area contributed by atoms with Gasteiger partial charge in [0.2, 0.25) is 0 Å². The van der Waals surface area contributed by atoms with Crippen LogP contribution in [0.1, 0.15) is 183 Å². The normalized spacial score (nSPS) is 17.3. The van der Waals surface area contributed by atoms with Crippen LogP contribution in [0.2, 0.25) is 0 Å². The summed E-state index contributed by atoms with van der Waals surface area (Å²) in [6, 6.07) is 51.0. The first-order valence-electron chi connectivity index (χ1n) is 39.9. The molecule has 5 saturated heterocycles. The fourth-order valence-corrected chi connectivity index (χ4v) is 15.2. The maximum atomic E-state index is 12.6. The number of Topliss-reactive ketones (excluding diaryl/α,β-unsaturated/α-hetero) is 3. The minimum absolute atomic E-state index is 0. The summed E-state index contributed by atoms with van der Waals surface area (Å²) >= 11 is 0. The van der Waals surface area contributed by atoms with E-state index in [-0.39, 0.29) is 63.4 Å². The summed E-state index contributed by atoms with van der Waals surface area (Å²) < 4.78 is 127. The molecule has 7 aromatic rings. The Balaban J connectivity index is 0.000000220. The Morgan fingerprint density at radius 2 is 1.01 bits per heavy atom. The fourth-order valence-electron chi connectivity index (χ4n) is 13.8. The zero-order valence-corrected chi connectivity index (χ0v) is 70.5. The van der Waals surface area contributed by atoms with Crippen molar-refractivity contribution in [1.82, 2.24) is 15.1 Å². The second-order valence-corrected chi connectivity index (χ2v) is 32.3. The predicted octanol–water partition coefficient (Wildman–Crippen LogP) is 13.2. The van der Waals surface area contributed by atoms with Crippen molar-refractivity contribution in [3.8, 4) is 23.0 Å². The van der Waals surface area contributed by atoms with Crippen LogP contribution in [0.25, 0.3) is 5.57 Å². The van der Waals surface area contributed by atoms with E-state index in [2.05, 4.69) is 29.6 Å². The van der Waals surface area contributed by atoms with Gasteiger partial charge in [-0.2, -0.15) is 30.0 Å². The summed E-state index contributed by atoms with van der Waals surface area (Å²) in [6.45, 7) is 19.9. The van der Waals surface area contributed by atoms with Gasteiger partial charge in [-0.15, -0.1) is 0 Å². The van der Waals surface area contributed by atoms with E-state index in [4.69, 9.17) is 57.6 Å². The lowest BCUT2D eigenvalue weighted by atomic mass is 9.80. The van der Waals surface area contributed by atoms with Crippen LogP contribution in [0.15, 0.2) is 182 Å². The molecule has 1 unspecified atom stereocenters. The van der Waals surface area contributed by atoms with Crippen LogP contribution in [-0.4, -0.2) is 218 Å². The molecular formula is C89H116BF3N4O21S2. The molecule has 0 radical (unpaired) electrons. The highest BCUT2D eigenvalue weighted by Gasteiger charge is 2.49. The van der Waals surface area contributed by atoms with Gasteiger partial charge in [0.1, 0.15) is 51.7 Å². The largest absolute Gasteiger partial charge is 0.516 e. The standard InChI is InChI=1S/C24H27NO3.C14H18O5S.C13H14O3.C11H16BNO3.C8H8F3NO2S.C8H8O2.C5H8O2.C4H9N.CH4O.CH4/c1-3-25(4-2)23(26)19-11-9-18(10-12-19)21-17-24(13-15-27-16-14-24)28-22-8-6-5-7-20(21)22;1-20(15,16)19-13-10-14(6-8-17-9-7-14)18-12-5-3-2-4-11(12)13;14-11-9-13(5-7-15-8-6-13)16-12-4-2-1-3-10(11)12;1-3-13(4-2)11(14)9-5-7-10(8-6-9)12(15)16;1-12(7-5-3-2-4-6-7)15(13,14)8(9,10)11;1-6(9)7-4-2-3-5-8(7)10;6-5-1-3-7-4-2-5;1-2-4-5-3-1;1-2;/h5-12,17H,3-4,13-16H2,1-2H3;2-5,13H,6-10H2,1H3;1-4H,5-9H2;5-8,15-16H,3-4H2,1-2H3;2-6H,1H3;2-5,10H,1H3;1-4H2;5H,1-4H2;2H,1H3;1H4. The number of halogens is 3. The zero-order chi connectivity index (χ0) is 86.8. The van der Waals surface area contributed by atoms with Crippen molar-refractivity contribution < 1.29 is 112 Å². The number of amides is 2. The number of nitrogens with one attached hydrogen (secondary N) is 1. The van der Waals surface area contributed by atoms with Crippen LogP contribution in [0, 0.1) is 0 Å². The van der Waals surface area contributed by atoms with Gasteiger partial charge < -0.3 is 68.5 Å². The quantitative estimate of drug-likeness (QED) is 0.0407. The van der Waals surface area contributed by atoms with Gasteiger partial charge in [0.15, 0.2) is 11.6 Å². The van der Waals surface area contributed by atoms with Gasteiger partial charge in [0.25, 0.3) is 21.9 Å². The fraction of sp³-hybridized carbons (Fsp3) is 0.449. The molecule has 5 N–H and O–H groups in total. The van der Waals surface area contributed by atoms with Crippen LogP contribution in [0.3, 0.4) is 0 Å².